The van der Waals surface area contributed by atoms with E-state index < -0.39 is 10.0 Å². The minimum atomic E-state index is -3.55. The topological polar surface area (TPSA) is 75.7 Å². The fraction of sp³-hybridized carbons (Fsp3) is 0.435. The molecule has 6 nitrogen and oxygen atoms in total. The number of carbonyl (C=O) groups is 1. The Balaban J connectivity index is 1.45. The molecule has 0 bridgehead atoms. The molecule has 0 unspecified atom stereocenters. The summed E-state index contributed by atoms with van der Waals surface area (Å²) >= 11 is 0. The van der Waals surface area contributed by atoms with Gasteiger partial charge in [-0.1, -0.05) is 43.2 Å². The first-order chi connectivity index (χ1) is 14.4. The van der Waals surface area contributed by atoms with E-state index in [2.05, 4.69) is 11.6 Å². The third-order valence-corrected chi connectivity index (χ3v) is 6.86. The van der Waals surface area contributed by atoms with Gasteiger partial charge in [0.1, 0.15) is 5.75 Å². The average Bonchev–Trinajstić information content (AvgIpc) is 2.74. The molecular formula is C23H30N2O4S. The van der Waals surface area contributed by atoms with Crippen LogP contribution < -0.4 is 9.46 Å². The first-order valence-corrected chi connectivity index (χ1v) is 11.9. The molecule has 1 fully saturated rings. The quantitative estimate of drug-likeness (QED) is 0.697. The van der Waals surface area contributed by atoms with Gasteiger partial charge in [0.15, 0.2) is 6.61 Å². The van der Waals surface area contributed by atoms with Crippen molar-refractivity contribution in [2.75, 3.05) is 19.7 Å². The largest absolute Gasteiger partial charge is 0.484 e. The molecule has 2 aromatic rings. The fourth-order valence-electron chi connectivity index (χ4n) is 3.53. The maximum Gasteiger partial charge on any atom is 0.260 e. The van der Waals surface area contributed by atoms with Crippen molar-refractivity contribution in [3.63, 3.8) is 0 Å². The summed E-state index contributed by atoms with van der Waals surface area (Å²) in [6.07, 6.45) is 3.29. The molecule has 1 saturated heterocycles. The number of amides is 1. The lowest BCUT2D eigenvalue weighted by atomic mass is 10.1. The molecule has 0 spiro atoms. The van der Waals surface area contributed by atoms with Crippen molar-refractivity contribution in [2.45, 2.75) is 50.5 Å². The number of rotatable bonds is 8. The maximum absolute atomic E-state index is 12.5. The van der Waals surface area contributed by atoms with E-state index in [9.17, 15) is 13.2 Å². The number of hydrogen-bond donors (Lipinski definition) is 1. The van der Waals surface area contributed by atoms with E-state index in [0.29, 0.717) is 31.7 Å². The van der Waals surface area contributed by atoms with Crippen LogP contribution in [-0.2, 0) is 21.2 Å². The molecule has 1 aliphatic heterocycles. The van der Waals surface area contributed by atoms with Gasteiger partial charge < -0.3 is 9.64 Å². The molecule has 3 rings (SSSR count). The lowest BCUT2D eigenvalue weighted by Crippen LogP contribution is -2.47. The van der Waals surface area contributed by atoms with Crippen LogP contribution in [0.4, 0.5) is 0 Å². The molecule has 162 valence electrons. The first kappa shape index (κ1) is 22.3. The number of carbonyl (C=O) groups excluding carboxylic acids is 1. The van der Waals surface area contributed by atoms with Gasteiger partial charge in [-0.3, -0.25) is 4.79 Å². The highest BCUT2D eigenvalue weighted by molar-refractivity contribution is 7.89. The number of aryl methyl sites for hydroxylation is 2. The van der Waals surface area contributed by atoms with Crippen LogP contribution in [-0.4, -0.2) is 45.0 Å². The molecule has 1 amide bonds. The van der Waals surface area contributed by atoms with Gasteiger partial charge in [0.05, 0.1) is 4.90 Å². The number of benzene rings is 2. The molecule has 0 atom stereocenters. The van der Waals surface area contributed by atoms with Crippen molar-refractivity contribution < 1.29 is 17.9 Å². The number of sulfonamides is 1. The summed E-state index contributed by atoms with van der Waals surface area (Å²) in [5.74, 6) is 0.608. The summed E-state index contributed by atoms with van der Waals surface area (Å²) in [5.41, 5.74) is 2.27. The minimum Gasteiger partial charge on any atom is -0.484 e. The fourth-order valence-corrected chi connectivity index (χ4v) is 4.83. The van der Waals surface area contributed by atoms with Gasteiger partial charge in [0.25, 0.3) is 5.91 Å². The lowest BCUT2D eigenvalue weighted by molar-refractivity contribution is -0.134. The second-order valence-corrected chi connectivity index (χ2v) is 9.49. The molecular weight excluding hydrogens is 400 g/mol. The Labute approximate surface area is 179 Å². The summed E-state index contributed by atoms with van der Waals surface area (Å²) in [4.78, 5) is 14.5. The van der Waals surface area contributed by atoms with E-state index in [0.717, 1.165) is 18.4 Å². The van der Waals surface area contributed by atoms with Crippen LogP contribution in [0.5, 0.6) is 5.75 Å². The Morgan fingerprint density at radius 1 is 1.07 bits per heavy atom. The summed E-state index contributed by atoms with van der Waals surface area (Å²) in [7, 11) is -3.55. The number of piperidine rings is 1. The van der Waals surface area contributed by atoms with Crippen LogP contribution in [0.3, 0.4) is 0 Å². The Bertz CT molecular complexity index is 932. The molecule has 0 aromatic heterocycles. The SMILES string of the molecule is CCCc1ccc(OCC(=O)N2CCC(NS(=O)(=O)c3ccc(C)cc3)CC2)cc1. The first-order valence-electron chi connectivity index (χ1n) is 10.5. The summed E-state index contributed by atoms with van der Waals surface area (Å²) in [5, 5.41) is 0. The second-order valence-electron chi connectivity index (χ2n) is 7.77. The number of likely N-dealkylation sites (tertiary alicyclic amines) is 1. The monoisotopic (exact) mass is 430 g/mol. The van der Waals surface area contributed by atoms with E-state index in [1.54, 1.807) is 29.2 Å². The third-order valence-electron chi connectivity index (χ3n) is 5.33. The Hall–Kier alpha value is -2.38. The van der Waals surface area contributed by atoms with Gasteiger partial charge in [0, 0.05) is 19.1 Å². The van der Waals surface area contributed by atoms with Gasteiger partial charge in [-0.05, 0) is 56.0 Å². The molecule has 1 N–H and O–H groups in total. The highest BCUT2D eigenvalue weighted by Crippen LogP contribution is 2.17. The third kappa shape index (κ3) is 6.06. The molecule has 2 aromatic carbocycles. The van der Waals surface area contributed by atoms with Gasteiger partial charge >= 0.3 is 0 Å². The van der Waals surface area contributed by atoms with Crippen molar-refractivity contribution in [1.82, 2.24) is 9.62 Å². The van der Waals surface area contributed by atoms with Crippen molar-refractivity contribution >= 4 is 15.9 Å². The molecule has 0 radical (unpaired) electrons. The number of nitrogens with zero attached hydrogens (tertiary/aromatic N) is 1. The normalized spacial score (nSPS) is 15.2. The van der Waals surface area contributed by atoms with Gasteiger partial charge in [-0.15, -0.1) is 0 Å². The van der Waals surface area contributed by atoms with E-state index in [4.69, 9.17) is 4.74 Å². The van der Waals surface area contributed by atoms with Gasteiger partial charge in [-0.2, -0.15) is 0 Å². The van der Waals surface area contributed by atoms with E-state index in [1.807, 2.05) is 31.2 Å². The molecule has 0 saturated carbocycles. The summed E-state index contributed by atoms with van der Waals surface area (Å²) in [6, 6.07) is 14.5. The number of ether oxygens (including phenoxy) is 1. The van der Waals surface area contributed by atoms with Crippen molar-refractivity contribution in [2.24, 2.45) is 0 Å². The predicted octanol–water partition coefficient (Wildman–Crippen LogP) is 3.30. The molecule has 1 heterocycles. The van der Waals surface area contributed by atoms with Crippen LogP contribution in [0.1, 0.15) is 37.3 Å². The number of nitrogens with one attached hydrogen (secondary N) is 1. The van der Waals surface area contributed by atoms with Gasteiger partial charge in [-0.25, -0.2) is 13.1 Å². The second kappa shape index (κ2) is 10.1. The van der Waals surface area contributed by atoms with E-state index in [1.165, 1.54) is 5.56 Å². The molecule has 1 aliphatic rings. The Morgan fingerprint density at radius 2 is 1.70 bits per heavy atom. The van der Waals surface area contributed by atoms with Crippen LogP contribution in [0.15, 0.2) is 53.4 Å². The van der Waals surface area contributed by atoms with Gasteiger partial charge in [0.2, 0.25) is 10.0 Å². The average molecular weight is 431 g/mol. The van der Waals surface area contributed by atoms with Crippen LogP contribution in [0.25, 0.3) is 0 Å². The summed E-state index contributed by atoms with van der Waals surface area (Å²) < 4.78 is 33.5. The highest BCUT2D eigenvalue weighted by Gasteiger charge is 2.26. The van der Waals surface area contributed by atoms with Crippen LogP contribution in [0, 0.1) is 6.92 Å². The zero-order valence-corrected chi connectivity index (χ0v) is 18.5. The smallest absolute Gasteiger partial charge is 0.260 e. The van der Waals surface area contributed by atoms with Crippen LogP contribution >= 0.6 is 0 Å². The minimum absolute atomic E-state index is 0.00706. The van der Waals surface area contributed by atoms with Crippen LogP contribution in [0.2, 0.25) is 0 Å². The van der Waals surface area contributed by atoms with Crippen molar-refractivity contribution in [1.29, 1.82) is 0 Å². The summed E-state index contributed by atoms with van der Waals surface area (Å²) in [6.45, 7) is 5.08. The highest BCUT2D eigenvalue weighted by atomic mass is 32.2. The molecule has 0 aliphatic carbocycles. The zero-order valence-electron chi connectivity index (χ0n) is 17.6. The van der Waals surface area contributed by atoms with E-state index >= 15 is 0 Å². The van der Waals surface area contributed by atoms with Crippen molar-refractivity contribution in [3.8, 4) is 5.75 Å². The maximum atomic E-state index is 12.5. The Morgan fingerprint density at radius 3 is 2.30 bits per heavy atom. The predicted molar refractivity (Wildman–Crippen MR) is 117 cm³/mol. The van der Waals surface area contributed by atoms with E-state index in [-0.39, 0.29) is 23.5 Å². The zero-order chi connectivity index (χ0) is 21.6. The number of hydrogen-bond acceptors (Lipinski definition) is 4. The standard InChI is InChI=1S/C23H30N2O4S/c1-3-4-19-7-9-21(10-8-19)29-17-23(26)25-15-13-20(14-16-25)24-30(27,28)22-11-5-18(2)6-12-22/h5-12,20,24H,3-4,13-17H2,1-2H3. The molecule has 30 heavy (non-hydrogen) atoms. The Kier molecular flexibility index (Phi) is 7.50. The molecule has 7 heteroatoms. The van der Waals surface area contributed by atoms with Crippen molar-refractivity contribution in [3.05, 3.63) is 59.7 Å². The lowest BCUT2D eigenvalue weighted by Gasteiger charge is -2.32.